The molecule has 2 fully saturated rings. The number of thiazole rings is 1. The number of piperidine rings is 2. The molecule has 2 saturated heterocycles. The van der Waals surface area contributed by atoms with Crippen molar-refractivity contribution in [1.82, 2.24) is 14.2 Å². The number of rotatable bonds is 5. The molecular weight excluding hydrogens is 442 g/mol. The van der Waals surface area contributed by atoms with Gasteiger partial charge in [-0.15, -0.1) is 11.3 Å². The number of carbonyl (C=O) groups is 1. The third-order valence-corrected chi connectivity index (χ3v) is 9.66. The number of hydrogen-bond donors (Lipinski definition) is 0. The highest BCUT2D eigenvalue weighted by Gasteiger charge is 2.32. The second-order valence-electron chi connectivity index (χ2n) is 9.92. The van der Waals surface area contributed by atoms with Gasteiger partial charge in [0.15, 0.2) is 0 Å². The molecule has 2 aliphatic rings. The normalized spacial score (nSPS) is 21.6. The molecule has 0 saturated carbocycles. The Morgan fingerprint density at radius 3 is 2.34 bits per heavy atom. The summed E-state index contributed by atoms with van der Waals surface area (Å²) in [6.45, 7) is 8.18. The summed E-state index contributed by atoms with van der Waals surface area (Å²) >= 11 is 1.65. The van der Waals surface area contributed by atoms with Gasteiger partial charge in [-0.05, 0) is 55.2 Å². The minimum absolute atomic E-state index is 0.00637. The molecule has 3 heterocycles. The summed E-state index contributed by atoms with van der Waals surface area (Å²) in [4.78, 5) is 18.5. The summed E-state index contributed by atoms with van der Waals surface area (Å²) in [6, 6.07) is 7.40. The molecule has 8 heteroatoms. The zero-order valence-electron chi connectivity index (χ0n) is 19.2. The van der Waals surface area contributed by atoms with Crippen molar-refractivity contribution in [3.63, 3.8) is 0 Å². The first-order valence-electron chi connectivity index (χ1n) is 11.5. The van der Waals surface area contributed by atoms with E-state index in [9.17, 15) is 13.2 Å². The fourth-order valence-corrected chi connectivity index (χ4v) is 7.17. The van der Waals surface area contributed by atoms with Crippen molar-refractivity contribution < 1.29 is 13.2 Å². The summed E-state index contributed by atoms with van der Waals surface area (Å²) in [5.41, 5.74) is 2.11. The van der Waals surface area contributed by atoms with Crippen molar-refractivity contribution in [2.24, 2.45) is 0 Å². The third-order valence-electron chi connectivity index (χ3n) is 6.72. The molecule has 2 aliphatic heterocycles. The Hall–Kier alpha value is -1.77. The SMILES string of the molecule is CC(C)(C)c1ccc(S(=O)(=O)N2CCC(c3nc(C4CCCCN4C=O)cs3)CC2)cc1. The van der Waals surface area contributed by atoms with Gasteiger partial charge < -0.3 is 4.90 Å². The van der Waals surface area contributed by atoms with Crippen LogP contribution in [-0.4, -0.2) is 48.7 Å². The predicted molar refractivity (Wildman–Crippen MR) is 127 cm³/mol. The number of nitrogens with zero attached hydrogens (tertiary/aromatic N) is 3. The maximum absolute atomic E-state index is 13.1. The van der Waals surface area contributed by atoms with Crippen LogP contribution in [-0.2, 0) is 20.2 Å². The quantitative estimate of drug-likeness (QED) is 0.588. The molecule has 1 aromatic carbocycles. The lowest BCUT2D eigenvalue weighted by Crippen LogP contribution is -2.38. The van der Waals surface area contributed by atoms with Gasteiger partial charge in [-0.3, -0.25) is 4.79 Å². The van der Waals surface area contributed by atoms with Gasteiger partial charge in [-0.25, -0.2) is 13.4 Å². The lowest BCUT2D eigenvalue weighted by atomic mass is 9.87. The molecule has 1 amide bonds. The minimum Gasteiger partial charge on any atom is -0.337 e. The molecule has 2 aromatic rings. The van der Waals surface area contributed by atoms with Crippen molar-refractivity contribution in [3.8, 4) is 0 Å². The van der Waals surface area contributed by atoms with Gasteiger partial charge in [0.25, 0.3) is 0 Å². The zero-order valence-corrected chi connectivity index (χ0v) is 20.8. The molecule has 4 rings (SSSR count). The molecule has 0 radical (unpaired) electrons. The van der Waals surface area contributed by atoms with Gasteiger partial charge >= 0.3 is 0 Å². The molecule has 1 atom stereocenters. The lowest BCUT2D eigenvalue weighted by Gasteiger charge is -2.32. The molecule has 0 aliphatic carbocycles. The van der Waals surface area contributed by atoms with Gasteiger partial charge in [-0.2, -0.15) is 4.31 Å². The molecule has 174 valence electrons. The molecule has 0 spiro atoms. The molecule has 32 heavy (non-hydrogen) atoms. The lowest BCUT2D eigenvalue weighted by molar-refractivity contribution is -0.121. The number of carbonyl (C=O) groups excluding carboxylic acids is 1. The fourth-order valence-electron chi connectivity index (χ4n) is 4.66. The van der Waals surface area contributed by atoms with Crippen LogP contribution in [0.25, 0.3) is 0 Å². The van der Waals surface area contributed by atoms with Crippen LogP contribution >= 0.6 is 11.3 Å². The van der Waals surface area contributed by atoms with E-state index in [0.29, 0.717) is 18.0 Å². The monoisotopic (exact) mass is 475 g/mol. The zero-order chi connectivity index (χ0) is 22.9. The van der Waals surface area contributed by atoms with Crippen molar-refractivity contribution in [2.45, 2.75) is 75.1 Å². The Balaban J connectivity index is 1.41. The number of sulfonamides is 1. The number of benzene rings is 1. The first-order valence-corrected chi connectivity index (χ1v) is 13.8. The van der Waals surface area contributed by atoms with Gasteiger partial charge in [0, 0.05) is 30.9 Å². The van der Waals surface area contributed by atoms with E-state index in [2.05, 4.69) is 26.2 Å². The van der Waals surface area contributed by atoms with Gasteiger partial charge in [0.2, 0.25) is 16.4 Å². The van der Waals surface area contributed by atoms with E-state index in [-0.39, 0.29) is 17.4 Å². The van der Waals surface area contributed by atoms with E-state index in [1.54, 1.807) is 27.8 Å². The van der Waals surface area contributed by atoms with Crippen LogP contribution in [0.5, 0.6) is 0 Å². The molecule has 1 aromatic heterocycles. The van der Waals surface area contributed by atoms with Crippen molar-refractivity contribution in [1.29, 1.82) is 0 Å². The molecule has 1 unspecified atom stereocenters. The highest BCUT2D eigenvalue weighted by atomic mass is 32.2. The van der Waals surface area contributed by atoms with Crippen LogP contribution in [0.2, 0.25) is 0 Å². The molecule has 0 N–H and O–H groups in total. The van der Waals surface area contributed by atoms with Gasteiger partial charge in [0.1, 0.15) is 0 Å². The summed E-state index contributed by atoms with van der Waals surface area (Å²) in [5, 5.41) is 3.16. The molecular formula is C24H33N3O3S2. The van der Waals surface area contributed by atoms with Crippen molar-refractivity contribution in [2.75, 3.05) is 19.6 Å². The van der Waals surface area contributed by atoms with Crippen LogP contribution in [0.1, 0.15) is 81.1 Å². The minimum atomic E-state index is -3.48. The summed E-state index contributed by atoms with van der Waals surface area (Å²) in [6.07, 6.45) is 5.63. The van der Waals surface area contributed by atoms with Crippen molar-refractivity contribution in [3.05, 3.63) is 45.9 Å². The van der Waals surface area contributed by atoms with E-state index >= 15 is 0 Å². The van der Waals surface area contributed by atoms with Crippen LogP contribution in [0.3, 0.4) is 0 Å². The summed E-state index contributed by atoms with van der Waals surface area (Å²) in [7, 11) is -3.48. The third kappa shape index (κ3) is 4.77. The first-order chi connectivity index (χ1) is 15.2. The van der Waals surface area contributed by atoms with E-state index in [1.807, 2.05) is 17.0 Å². The Kier molecular flexibility index (Phi) is 6.75. The van der Waals surface area contributed by atoms with E-state index in [4.69, 9.17) is 4.98 Å². The van der Waals surface area contributed by atoms with Gasteiger partial charge in [0.05, 0.1) is 21.6 Å². The largest absolute Gasteiger partial charge is 0.337 e. The highest BCUT2D eigenvalue weighted by Crippen LogP contribution is 2.36. The Labute approximate surface area is 195 Å². The number of hydrogen-bond acceptors (Lipinski definition) is 5. The van der Waals surface area contributed by atoms with E-state index in [0.717, 1.165) is 61.3 Å². The number of likely N-dealkylation sites (tertiary alicyclic amines) is 1. The average molecular weight is 476 g/mol. The highest BCUT2D eigenvalue weighted by molar-refractivity contribution is 7.89. The Morgan fingerprint density at radius 2 is 1.72 bits per heavy atom. The second kappa shape index (κ2) is 9.23. The van der Waals surface area contributed by atoms with Gasteiger partial charge in [-0.1, -0.05) is 32.9 Å². The summed E-state index contributed by atoms with van der Waals surface area (Å²) in [5.74, 6) is 0.275. The Bertz CT molecular complexity index is 1030. The van der Waals surface area contributed by atoms with E-state index < -0.39 is 10.0 Å². The van der Waals surface area contributed by atoms with E-state index in [1.165, 1.54) is 0 Å². The fraction of sp³-hybridized carbons (Fsp3) is 0.583. The first kappa shape index (κ1) is 23.4. The Morgan fingerprint density at radius 1 is 1.03 bits per heavy atom. The number of aromatic nitrogens is 1. The average Bonchev–Trinajstić information content (AvgIpc) is 3.29. The van der Waals surface area contributed by atoms with Crippen LogP contribution in [0.15, 0.2) is 34.5 Å². The van der Waals surface area contributed by atoms with Crippen molar-refractivity contribution >= 4 is 27.8 Å². The maximum atomic E-state index is 13.1. The van der Waals surface area contributed by atoms with Crippen LogP contribution in [0.4, 0.5) is 0 Å². The maximum Gasteiger partial charge on any atom is 0.243 e. The standard InChI is InChI=1S/C24H33N3O3S2/c1-24(2,3)19-7-9-20(10-8-19)32(29,30)27-14-11-18(12-15-27)23-25-21(16-31-23)22-6-4-5-13-26(22)17-28/h7-10,16-18,22H,4-6,11-15H2,1-3H3. The van der Waals surface area contributed by atoms with Crippen LogP contribution in [0, 0.1) is 0 Å². The molecule has 6 nitrogen and oxygen atoms in total. The molecule has 0 bridgehead atoms. The van der Waals surface area contributed by atoms with Crippen LogP contribution < -0.4 is 0 Å². The number of amides is 1. The predicted octanol–water partition coefficient (Wildman–Crippen LogP) is 4.69. The second-order valence-corrected chi connectivity index (χ2v) is 12.7. The smallest absolute Gasteiger partial charge is 0.243 e. The summed E-state index contributed by atoms with van der Waals surface area (Å²) < 4.78 is 27.9. The topological polar surface area (TPSA) is 70.6 Å².